The summed E-state index contributed by atoms with van der Waals surface area (Å²) in [7, 11) is 0. The van der Waals surface area contributed by atoms with Crippen LogP contribution < -0.4 is 5.32 Å². The molecule has 120 valence electrons. The van der Waals surface area contributed by atoms with Crippen molar-refractivity contribution in [2.45, 2.75) is 20.8 Å². The number of aryl methyl sites for hydroxylation is 3. The summed E-state index contributed by atoms with van der Waals surface area (Å²) in [5.41, 5.74) is 6.98. The van der Waals surface area contributed by atoms with Crippen LogP contribution in [0.3, 0.4) is 0 Å². The molecule has 0 unspecified atom stereocenters. The molecule has 3 aromatic carbocycles. The summed E-state index contributed by atoms with van der Waals surface area (Å²) in [5, 5.41) is 3.07. The van der Waals surface area contributed by atoms with Gasteiger partial charge < -0.3 is 5.32 Å². The standard InChI is InChI=1S/C22H21NO/c1-15-13-17(3)20(14-16(15)2)22(24)23-21-12-8-7-11-19(21)18-9-5-4-6-10-18/h4-14H,1-3H3,(H,23,24). The van der Waals surface area contributed by atoms with Gasteiger partial charge in [0.2, 0.25) is 0 Å². The van der Waals surface area contributed by atoms with Crippen LogP contribution in [0.5, 0.6) is 0 Å². The van der Waals surface area contributed by atoms with E-state index >= 15 is 0 Å². The second-order valence-corrected chi connectivity index (χ2v) is 6.12. The molecular weight excluding hydrogens is 294 g/mol. The number of amides is 1. The molecule has 1 amide bonds. The first-order valence-electron chi connectivity index (χ1n) is 8.10. The van der Waals surface area contributed by atoms with Crippen LogP contribution in [-0.4, -0.2) is 5.91 Å². The lowest BCUT2D eigenvalue weighted by Gasteiger charge is -2.13. The van der Waals surface area contributed by atoms with Gasteiger partial charge in [-0.05, 0) is 55.2 Å². The van der Waals surface area contributed by atoms with E-state index in [1.54, 1.807) is 0 Å². The molecule has 0 atom stereocenters. The molecule has 24 heavy (non-hydrogen) atoms. The minimum absolute atomic E-state index is 0.0704. The first-order valence-corrected chi connectivity index (χ1v) is 8.10. The molecule has 2 heteroatoms. The highest BCUT2D eigenvalue weighted by Crippen LogP contribution is 2.28. The van der Waals surface area contributed by atoms with Gasteiger partial charge in [0, 0.05) is 16.8 Å². The fourth-order valence-electron chi connectivity index (χ4n) is 2.86. The number of anilines is 1. The maximum atomic E-state index is 12.8. The predicted octanol–water partition coefficient (Wildman–Crippen LogP) is 5.53. The number of carbonyl (C=O) groups excluding carboxylic acids is 1. The summed E-state index contributed by atoms with van der Waals surface area (Å²) in [4.78, 5) is 12.8. The summed E-state index contributed by atoms with van der Waals surface area (Å²) >= 11 is 0. The molecule has 0 aliphatic heterocycles. The van der Waals surface area contributed by atoms with E-state index < -0.39 is 0 Å². The van der Waals surface area contributed by atoms with E-state index in [1.807, 2.05) is 74.5 Å². The van der Waals surface area contributed by atoms with E-state index in [0.717, 1.165) is 33.5 Å². The van der Waals surface area contributed by atoms with Crippen LogP contribution in [0.4, 0.5) is 5.69 Å². The van der Waals surface area contributed by atoms with Crippen LogP contribution in [0, 0.1) is 20.8 Å². The lowest BCUT2D eigenvalue weighted by molar-refractivity contribution is 0.102. The van der Waals surface area contributed by atoms with E-state index in [-0.39, 0.29) is 5.91 Å². The fraction of sp³-hybridized carbons (Fsp3) is 0.136. The summed E-state index contributed by atoms with van der Waals surface area (Å²) in [6.45, 7) is 6.07. The Morgan fingerprint density at radius 1 is 0.750 bits per heavy atom. The molecule has 0 aliphatic rings. The molecule has 0 heterocycles. The summed E-state index contributed by atoms with van der Waals surface area (Å²) in [6.07, 6.45) is 0. The third kappa shape index (κ3) is 3.23. The van der Waals surface area contributed by atoms with Gasteiger partial charge in [0.1, 0.15) is 0 Å². The number of hydrogen-bond acceptors (Lipinski definition) is 1. The zero-order valence-corrected chi connectivity index (χ0v) is 14.3. The number of benzene rings is 3. The van der Waals surface area contributed by atoms with Crippen molar-refractivity contribution < 1.29 is 4.79 Å². The molecule has 3 rings (SSSR count). The number of rotatable bonds is 3. The molecule has 0 bridgehead atoms. The highest BCUT2D eigenvalue weighted by atomic mass is 16.1. The molecule has 0 fully saturated rings. The summed E-state index contributed by atoms with van der Waals surface area (Å²) in [6, 6.07) is 22.0. The molecule has 0 radical (unpaired) electrons. The molecule has 2 nitrogen and oxygen atoms in total. The van der Waals surface area contributed by atoms with Crippen molar-refractivity contribution in [1.82, 2.24) is 0 Å². The molecule has 0 aliphatic carbocycles. The maximum absolute atomic E-state index is 12.8. The third-order valence-electron chi connectivity index (χ3n) is 4.35. The van der Waals surface area contributed by atoms with Gasteiger partial charge >= 0.3 is 0 Å². The van der Waals surface area contributed by atoms with Crippen LogP contribution in [0.1, 0.15) is 27.0 Å². The SMILES string of the molecule is Cc1cc(C)c(C(=O)Nc2ccccc2-c2ccccc2)cc1C. The van der Waals surface area contributed by atoms with E-state index in [0.29, 0.717) is 0 Å². The zero-order valence-electron chi connectivity index (χ0n) is 14.3. The molecule has 3 aromatic rings. The Labute approximate surface area is 143 Å². The van der Waals surface area contributed by atoms with E-state index in [9.17, 15) is 4.79 Å². The largest absolute Gasteiger partial charge is 0.321 e. The molecule has 0 spiro atoms. The van der Waals surface area contributed by atoms with Crippen LogP contribution in [0.25, 0.3) is 11.1 Å². The number of nitrogens with one attached hydrogen (secondary N) is 1. The van der Waals surface area contributed by atoms with Crippen LogP contribution in [-0.2, 0) is 0 Å². The van der Waals surface area contributed by atoms with Crippen molar-refractivity contribution in [3.05, 3.63) is 89.0 Å². The maximum Gasteiger partial charge on any atom is 0.255 e. The van der Waals surface area contributed by atoms with Crippen molar-refractivity contribution in [3.8, 4) is 11.1 Å². The van der Waals surface area contributed by atoms with Crippen molar-refractivity contribution in [3.63, 3.8) is 0 Å². The quantitative estimate of drug-likeness (QED) is 0.676. The number of para-hydroxylation sites is 1. The first-order chi connectivity index (χ1) is 11.6. The molecule has 0 aromatic heterocycles. The van der Waals surface area contributed by atoms with Gasteiger partial charge in [0.15, 0.2) is 0 Å². The minimum atomic E-state index is -0.0704. The van der Waals surface area contributed by atoms with Gasteiger partial charge in [-0.2, -0.15) is 0 Å². The Balaban J connectivity index is 1.95. The second kappa shape index (κ2) is 6.71. The highest BCUT2D eigenvalue weighted by molar-refractivity contribution is 6.07. The predicted molar refractivity (Wildman–Crippen MR) is 100 cm³/mol. The summed E-state index contributed by atoms with van der Waals surface area (Å²) in [5.74, 6) is -0.0704. The Hall–Kier alpha value is -2.87. The van der Waals surface area contributed by atoms with Gasteiger partial charge in [0.05, 0.1) is 0 Å². The van der Waals surface area contributed by atoms with E-state index in [1.165, 1.54) is 5.56 Å². The number of carbonyl (C=O) groups is 1. The molecular formula is C22H21NO. The number of hydrogen-bond donors (Lipinski definition) is 1. The van der Waals surface area contributed by atoms with Crippen molar-refractivity contribution in [1.29, 1.82) is 0 Å². The van der Waals surface area contributed by atoms with Gasteiger partial charge in [-0.15, -0.1) is 0 Å². The van der Waals surface area contributed by atoms with Gasteiger partial charge in [0.25, 0.3) is 5.91 Å². The van der Waals surface area contributed by atoms with Gasteiger partial charge in [-0.1, -0.05) is 54.6 Å². The van der Waals surface area contributed by atoms with Crippen molar-refractivity contribution in [2.24, 2.45) is 0 Å². The van der Waals surface area contributed by atoms with Crippen LogP contribution in [0.2, 0.25) is 0 Å². The Morgan fingerprint density at radius 3 is 2.12 bits per heavy atom. The average Bonchev–Trinajstić information content (AvgIpc) is 2.59. The molecule has 0 saturated carbocycles. The topological polar surface area (TPSA) is 29.1 Å². The van der Waals surface area contributed by atoms with E-state index in [4.69, 9.17) is 0 Å². The average molecular weight is 315 g/mol. The van der Waals surface area contributed by atoms with Crippen LogP contribution >= 0.6 is 0 Å². The molecule has 0 saturated heterocycles. The lowest BCUT2D eigenvalue weighted by Crippen LogP contribution is -2.14. The van der Waals surface area contributed by atoms with Gasteiger partial charge in [-0.3, -0.25) is 4.79 Å². The Morgan fingerprint density at radius 2 is 1.38 bits per heavy atom. The lowest BCUT2D eigenvalue weighted by atomic mass is 9.99. The third-order valence-corrected chi connectivity index (χ3v) is 4.35. The summed E-state index contributed by atoms with van der Waals surface area (Å²) < 4.78 is 0. The minimum Gasteiger partial charge on any atom is -0.321 e. The smallest absolute Gasteiger partial charge is 0.255 e. The van der Waals surface area contributed by atoms with Crippen LogP contribution in [0.15, 0.2) is 66.7 Å². The zero-order chi connectivity index (χ0) is 17.1. The Kier molecular flexibility index (Phi) is 4.48. The monoisotopic (exact) mass is 315 g/mol. The second-order valence-electron chi connectivity index (χ2n) is 6.12. The highest BCUT2D eigenvalue weighted by Gasteiger charge is 2.13. The van der Waals surface area contributed by atoms with Gasteiger partial charge in [-0.25, -0.2) is 0 Å². The first kappa shape index (κ1) is 16.0. The van der Waals surface area contributed by atoms with E-state index in [2.05, 4.69) is 18.3 Å². The normalized spacial score (nSPS) is 10.5. The van der Waals surface area contributed by atoms with Crippen molar-refractivity contribution in [2.75, 3.05) is 5.32 Å². The Bertz CT molecular complexity index is 882. The molecule has 1 N–H and O–H groups in total. The van der Waals surface area contributed by atoms with Crippen molar-refractivity contribution >= 4 is 11.6 Å². The fourth-order valence-corrected chi connectivity index (χ4v) is 2.86.